The maximum Gasteiger partial charge on any atom is 0.321 e. The summed E-state index contributed by atoms with van der Waals surface area (Å²) in [5, 5.41) is 0. The molecule has 0 aliphatic carbocycles. The molecule has 1 aromatic rings. The van der Waals surface area contributed by atoms with E-state index in [1.807, 2.05) is 18.2 Å². The zero-order valence-corrected chi connectivity index (χ0v) is 20.3. The summed E-state index contributed by atoms with van der Waals surface area (Å²) in [6.45, 7) is 8.72. The van der Waals surface area contributed by atoms with E-state index in [9.17, 15) is 0 Å². The summed E-state index contributed by atoms with van der Waals surface area (Å²) in [7, 11) is 0. The van der Waals surface area contributed by atoms with Crippen molar-refractivity contribution in [2.45, 2.75) is 104 Å². The molecule has 1 rings (SSSR count). The van der Waals surface area contributed by atoms with Crippen molar-refractivity contribution >= 4 is 0 Å². The molecule has 0 saturated heterocycles. The van der Waals surface area contributed by atoms with Crippen molar-refractivity contribution in [3.05, 3.63) is 47.6 Å². The molecule has 31 heavy (non-hydrogen) atoms. The number of benzene rings is 1. The van der Waals surface area contributed by atoms with Gasteiger partial charge in [-0.3, -0.25) is 0 Å². The van der Waals surface area contributed by atoms with Crippen LogP contribution in [0.5, 0.6) is 0 Å². The summed E-state index contributed by atoms with van der Waals surface area (Å²) in [5.74, 6) is 1.37. The largest absolute Gasteiger partial charge is 0.491 e. The summed E-state index contributed by atoms with van der Waals surface area (Å²) >= 11 is 0. The molecule has 0 atom stereocenters. The van der Waals surface area contributed by atoms with E-state index < -0.39 is 0 Å². The maximum absolute atomic E-state index is 6.17. The molecule has 0 saturated carbocycles. The molecule has 1 aromatic carbocycles. The van der Waals surface area contributed by atoms with E-state index in [0.29, 0.717) is 19.2 Å². The van der Waals surface area contributed by atoms with Crippen molar-refractivity contribution in [1.29, 1.82) is 0 Å². The Morgan fingerprint density at radius 2 is 1.26 bits per heavy atom. The molecule has 0 heterocycles. The van der Waals surface area contributed by atoms with Gasteiger partial charge in [0.1, 0.15) is 0 Å². The number of hydrogen-bond acceptors (Lipinski definition) is 4. The topological polar surface area (TPSA) is 36.9 Å². The van der Waals surface area contributed by atoms with Gasteiger partial charge in [-0.1, -0.05) is 102 Å². The fourth-order valence-corrected chi connectivity index (χ4v) is 3.22. The summed E-state index contributed by atoms with van der Waals surface area (Å²) in [4.78, 5) is 0. The summed E-state index contributed by atoms with van der Waals surface area (Å²) in [6.07, 6.45) is 13.7. The molecule has 178 valence electrons. The molecule has 0 amide bonds. The van der Waals surface area contributed by atoms with Crippen LogP contribution >= 0.6 is 0 Å². The molecular weight excluding hydrogens is 388 g/mol. The Balaban J connectivity index is 2.65. The molecular formula is C27H46O4. The van der Waals surface area contributed by atoms with E-state index in [2.05, 4.69) is 32.9 Å². The second-order valence-corrected chi connectivity index (χ2v) is 8.08. The molecule has 4 nitrogen and oxygen atoms in total. The Morgan fingerprint density at radius 1 is 0.645 bits per heavy atom. The van der Waals surface area contributed by atoms with Crippen molar-refractivity contribution in [1.82, 2.24) is 0 Å². The fraction of sp³-hybridized carbons (Fsp3) is 0.704. The van der Waals surface area contributed by atoms with Crippen molar-refractivity contribution in [2.75, 3.05) is 20.0 Å². The normalized spacial score (nSPS) is 11.8. The predicted octanol–water partition coefficient (Wildman–Crippen LogP) is 8.12. The van der Waals surface area contributed by atoms with Crippen LogP contribution in [0.25, 0.3) is 0 Å². The van der Waals surface area contributed by atoms with Crippen molar-refractivity contribution in [2.24, 2.45) is 0 Å². The van der Waals surface area contributed by atoms with Crippen molar-refractivity contribution in [3.63, 3.8) is 0 Å². The molecule has 0 unspecified atom stereocenters. The van der Waals surface area contributed by atoms with Crippen LogP contribution < -0.4 is 0 Å². The fourth-order valence-electron chi connectivity index (χ4n) is 3.22. The van der Waals surface area contributed by atoms with E-state index in [-0.39, 0.29) is 6.79 Å². The van der Waals surface area contributed by atoms with Gasteiger partial charge in [-0.05, 0) is 24.8 Å². The van der Waals surface area contributed by atoms with Gasteiger partial charge < -0.3 is 18.9 Å². The molecule has 0 spiro atoms. The third kappa shape index (κ3) is 14.9. The SMILES string of the molecule is CCCCCCOC(CCCCC)=C(OCCCCCC)OCOCc1ccccc1. The van der Waals surface area contributed by atoms with Gasteiger partial charge in [-0.25, -0.2) is 0 Å². The molecule has 0 radical (unpaired) electrons. The first kappa shape index (κ1) is 27.4. The zero-order chi connectivity index (χ0) is 22.4. The van der Waals surface area contributed by atoms with Crippen LogP contribution in [0.4, 0.5) is 0 Å². The van der Waals surface area contributed by atoms with Gasteiger partial charge >= 0.3 is 5.95 Å². The van der Waals surface area contributed by atoms with Crippen LogP contribution in [0, 0.1) is 0 Å². The van der Waals surface area contributed by atoms with E-state index in [0.717, 1.165) is 43.6 Å². The van der Waals surface area contributed by atoms with E-state index in [4.69, 9.17) is 18.9 Å². The van der Waals surface area contributed by atoms with Gasteiger partial charge in [0.15, 0.2) is 12.6 Å². The maximum atomic E-state index is 6.17. The summed E-state index contributed by atoms with van der Waals surface area (Å²) in [5.41, 5.74) is 1.13. The lowest BCUT2D eigenvalue weighted by atomic mass is 10.2. The number of hydrogen-bond donors (Lipinski definition) is 0. The average Bonchev–Trinajstić information content (AvgIpc) is 2.80. The quantitative estimate of drug-likeness (QED) is 0.111. The zero-order valence-electron chi connectivity index (χ0n) is 20.3. The Morgan fingerprint density at radius 3 is 1.90 bits per heavy atom. The Hall–Kier alpha value is -1.68. The molecule has 0 aromatic heterocycles. The molecule has 4 heteroatoms. The monoisotopic (exact) mass is 434 g/mol. The lowest BCUT2D eigenvalue weighted by Gasteiger charge is -2.18. The van der Waals surface area contributed by atoms with Gasteiger partial charge in [0, 0.05) is 6.42 Å². The van der Waals surface area contributed by atoms with Crippen LogP contribution in [-0.2, 0) is 25.6 Å². The molecule has 0 bridgehead atoms. The third-order valence-corrected chi connectivity index (χ3v) is 5.13. The average molecular weight is 435 g/mol. The van der Waals surface area contributed by atoms with Crippen molar-refractivity contribution in [3.8, 4) is 0 Å². The molecule has 0 aliphatic rings. The standard InChI is InChI=1S/C27H46O4/c1-4-7-10-16-21-29-26(20-13-9-6-3)27(30-22-17-11-8-5-2)31-24-28-23-25-18-14-12-15-19-25/h12,14-15,18-19H,4-11,13,16-17,20-24H2,1-3H3. The highest BCUT2D eigenvalue weighted by Crippen LogP contribution is 2.19. The van der Waals surface area contributed by atoms with Crippen LogP contribution in [-0.4, -0.2) is 20.0 Å². The lowest BCUT2D eigenvalue weighted by Crippen LogP contribution is -2.10. The van der Waals surface area contributed by atoms with Gasteiger partial charge in [-0.15, -0.1) is 0 Å². The Labute approximate surface area is 191 Å². The second kappa shape index (κ2) is 20.2. The minimum Gasteiger partial charge on any atom is -0.491 e. The molecule has 0 fully saturated rings. The Bertz CT molecular complexity index is 541. The van der Waals surface area contributed by atoms with Crippen LogP contribution in [0.3, 0.4) is 0 Å². The van der Waals surface area contributed by atoms with Crippen molar-refractivity contribution < 1.29 is 18.9 Å². The highest BCUT2D eigenvalue weighted by atomic mass is 16.7. The number of rotatable bonds is 21. The minimum absolute atomic E-state index is 0.162. The summed E-state index contributed by atoms with van der Waals surface area (Å²) in [6, 6.07) is 10.1. The van der Waals surface area contributed by atoms with Crippen LogP contribution in [0.15, 0.2) is 42.0 Å². The smallest absolute Gasteiger partial charge is 0.321 e. The number of ether oxygens (including phenoxy) is 4. The van der Waals surface area contributed by atoms with Crippen LogP contribution in [0.2, 0.25) is 0 Å². The second-order valence-electron chi connectivity index (χ2n) is 8.08. The number of unbranched alkanes of at least 4 members (excludes halogenated alkanes) is 8. The van der Waals surface area contributed by atoms with Gasteiger partial charge in [0.25, 0.3) is 0 Å². The third-order valence-electron chi connectivity index (χ3n) is 5.13. The summed E-state index contributed by atoms with van der Waals surface area (Å²) < 4.78 is 23.9. The van der Waals surface area contributed by atoms with E-state index in [1.165, 1.54) is 51.4 Å². The predicted molar refractivity (Wildman–Crippen MR) is 129 cm³/mol. The van der Waals surface area contributed by atoms with E-state index in [1.54, 1.807) is 0 Å². The molecule has 0 aliphatic heterocycles. The van der Waals surface area contributed by atoms with E-state index >= 15 is 0 Å². The van der Waals surface area contributed by atoms with Gasteiger partial charge in [-0.2, -0.15) is 0 Å². The minimum atomic E-state index is 0.162. The molecule has 0 N–H and O–H groups in total. The number of allylic oxidation sites excluding steroid dienone is 1. The first-order chi connectivity index (χ1) is 15.3. The first-order valence-corrected chi connectivity index (χ1v) is 12.5. The first-order valence-electron chi connectivity index (χ1n) is 12.5. The highest BCUT2D eigenvalue weighted by Gasteiger charge is 2.13. The van der Waals surface area contributed by atoms with Gasteiger partial charge in [0.05, 0.1) is 19.8 Å². The Kier molecular flexibility index (Phi) is 17.9. The van der Waals surface area contributed by atoms with Crippen LogP contribution in [0.1, 0.15) is 103 Å². The van der Waals surface area contributed by atoms with Gasteiger partial charge in [0.2, 0.25) is 0 Å². The highest BCUT2D eigenvalue weighted by molar-refractivity contribution is 5.13. The lowest BCUT2D eigenvalue weighted by molar-refractivity contribution is -0.0894.